The number of aryl methyl sites for hydroxylation is 1. The van der Waals surface area contributed by atoms with Gasteiger partial charge in [-0.25, -0.2) is 8.78 Å². The Morgan fingerprint density at radius 1 is 1.11 bits per heavy atom. The molecule has 0 bridgehead atoms. The third-order valence-electron chi connectivity index (χ3n) is 4.15. The van der Waals surface area contributed by atoms with Crippen LogP contribution in [0.25, 0.3) is 11.3 Å². The Hall–Kier alpha value is -3.02. The van der Waals surface area contributed by atoms with Crippen molar-refractivity contribution < 1.29 is 18.1 Å². The predicted octanol–water partition coefficient (Wildman–Crippen LogP) is 5.14. The van der Waals surface area contributed by atoms with Crippen LogP contribution in [0, 0.1) is 11.6 Å². The van der Waals surface area contributed by atoms with Gasteiger partial charge in [0.25, 0.3) is 0 Å². The van der Waals surface area contributed by atoms with Crippen LogP contribution in [0.5, 0.6) is 0 Å². The summed E-state index contributed by atoms with van der Waals surface area (Å²) in [7, 11) is 0. The zero-order valence-corrected chi connectivity index (χ0v) is 15.0. The fourth-order valence-corrected chi connectivity index (χ4v) is 2.72. The quantitative estimate of drug-likeness (QED) is 0.626. The van der Waals surface area contributed by atoms with Crippen LogP contribution >= 0.6 is 0 Å². The van der Waals surface area contributed by atoms with Gasteiger partial charge in [-0.3, -0.25) is 4.79 Å². The highest BCUT2D eigenvalue weighted by atomic mass is 19.1. The summed E-state index contributed by atoms with van der Waals surface area (Å²) in [6.07, 6.45) is 3.28. The molecule has 140 valence electrons. The van der Waals surface area contributed by atoms with E-state index < -0.39 is 11.6 Å². The predicted molar refractivity (Wildman–Crippen MR) is 99.2 cm³/mol. The number of amides is 1. The van der Waals surface area contributed by atoms with E-state index in [-0.39, 0.29) is 23.7 Å². The third kappa shape index (κ3) is 5.00. The van der Waals surface area contributed by atoms with E-state index in [2.05, 4.69) is 17.4 Å². The van der Waals surface area contributed by atoms with Gasteiger partial charge in [0.15, 0.2) is 5.76 Å². The lowest BCUT2D eigenvalue weighted by Crippen LogP contribution is -2.14. The van der Waals surface area contributed by atoms with Crippen molar-refractivity contribution in [1.29, 1.82) is 0 Å². The standard InChI is InChI=1S/C21H20F2N2O2/c1-2-3-4-14-5-8-16(9-6-14)24-21(26)13-17-12-20(27-25-17)18-10-7-15(22)11-19(18)23/h5-12H,2-4,13H2,1H3,(H,24,26). The van der Waals surface area contributed by atoms with Gasteiger partial charge in [-0.05, 0) is 42.7 Å². The van der Waals surface area contributed by atoms with Gasteiger partial charge >= 0.3 is 0 Å². The largest absolute Gasteiger partial charge is 0.356 e. The fourth-order valence-electron chi connectivity index (χ4n) is 2.72. The second-order valence-electron chi connectivity index (χ2n) is 6.33. The number of nitrogens with zero attached hydrogens (tertiary/aromatic N) is 1. The number of halogens is 2. The fraction of sp³-hybridized carbons (Fsp3) is 0.238. The minimum atomic E-state index is -0.745. The molecule has 3 aromatic rings. The van der Waals surface area contributed by atoms with Crippen molar-refractivity contribution in [2.45, 2.75) is 32.6 Å². The lowest BCUT2D eigenvalue weighted by molar-refractivity contribution is -0.115. The topological polar surface area (TPSA) is 55.1 Å². The highest BCUT2D eigenvalue weighted by Gasteiger charge is 2.14. The smallest absolute Gasteiger partial charge is 0.230 e. The normalized spacial score (nSPS) is 10.8. The van der Waals surface area contributed by atoms with E-state index >= 15 is 0 Å². The van der Waals surface area contributed by atoms with E-state index in [0.717, 1.165) is 31.4 Å². The number of anilines is 1. The summed E-state index contributed by atoms with van der Waals surface area (Å²) in [6.45, 7) is 2.15. The molecular weight excluding hydrogens is 350 g/mol. The Morgan fingerprint density at radius 2 is 1.89 bits per heavy atom. The number of rotatable bonds is 7. The summed E-state index contributed by atoms with van der Waals surface area (Å²) in [6, 6.07) is 12.4. The number of nitrogens with one attached hydrogen (secondary N) is 1. The zero-order valence-electron chi connectivity index (χ0n) is 15.0. The first kappa shape index (κ1) is 18.8. The maximum atomic E-state index is 13.8. The average molecular weight is 370 g/mol. The molecular formula is C21H20F2N2O2. The van der Waals surface area contributed by atoms with Gasteiger partial charge in [0, 0.05) is 17.8 Å². The molecule has 0 spiro atoms. The molecule has 0 aliphatic rings. The molecule has 0 fully saturated rings. The highest BCUT2D eigenvalue weighted by molar-refractivity contribution is 5.92. The monoisotopic (exact) mass is 370 g/mol. The van der Waals surface area contributed by atoms with Crippen LogP contribution in [0.2, 0.25) is 0 Å². The van der Waals surface area contributed by atoms with Crippen LogP contribution in [-0.2, 0) is 17.6 Å². The van der Waals surface area contributed by atoms with Crippen molar-refractivity contribution in [2.24, 2.45) is 0 Å². The Labute approximate surface area is 156 Å². The molecule has 0 saturated carbocycles. The van der Waals surface area contributed by atoms with Gasteiger partial charge in [-0.2, -0.15) is 0 Å². The number of hydrogen-bond acceptors (Lipinski definition) is 3. The van der Waals surface area contributed by atoms with E-state index in [0.29, 0.717) is 11.4 Å². The van der Waals surface area contributed by atoms with Gasteiger partial charge in [-0.1, -0.05) is 30.6 Å². The number of carbonyl (C=O) groups excluding carboxylic acids is 1. The Bertz CT molecular complexity index is 920. The first-order valence-corrected chi connectivity index (χ1v) is 8.85. The number of aromatic nitrogens is 1. The van der Waals surface area contributed by atoms with E-state index in [1.54, 1.807) is 0 Å². The summed E-state index contributed by atoms with van der Waals surface area (Å²) >= 11 is 0. The van der Waals surface area contributed by atoms with Crippen LogP contribution in [0.4, 0.5) is 14.5 Å². The molecule has 1 aromatic heterocycles. The van der Waals surface area contributed by atoms with E-state index in [4.69, 9.17) is 4.52 Å². The second kappa shape index (κ2) is 8.58. The first-order valence-electron chi connectivity index (χ1n) is 8.85. The van der Waals surface area contributed by atoms with Crippen molar-refractivity contribution >= 4 is 11.6 Å². The molecule has 27 heavy (non-hydrogen) atoms. The number of benzene rings is 2. The van der Waals surface area contributed by atoms with Crippen LogP contribution in [0.1, 0.15) is 31.0 Å². The summed E-state index contributed by atoms with van der Waals surface area (Å²) in [4.78, 5) is 12.2. The average Bonchev–Trinajstić information content (AvgIpc) is 3.09. The summed E-state index contributed by atoms with van der Waals surface area (Å²) in [5.74, 6) is -1.52. The minimum Gasteiger partial charge on any atom is -0.356 e. The van der Waals surface area contributed by atoms with Crippen molar-refractivity contribution in [3.63, 3.8) is 0 Å². The summed E-state index contributed by atoms with van der Waals surface area (Å²) in [5, 5.41) is 6.59. The summed E-state index contributed by atoms with van der Waals surface area (Å²) in [5.41, 5.74) is 2.40. The maximum absolute atomic E-state index is 13.8. The molecule has 1 amide bonds. The number of carbonyl (C=O) groups is 1. The van der Waals surface area contributed by atoms with E-state index in [9.17, 15) is 13.6 Å². The van der Waals surface area contributed by atoms with Crippen LogP contribution in [-0.4, -0.2) is 11.1 Å². The van der Waals surface area contributed by atoms with Gasteiger partial charge in [0.1, 0.15) is 11.6 Å². The van der Waals surface area contributed by atoms with Crippen LogP contribution < -0.4 is 5.32 Å². The SMILES string of the molecule is CCCCc1ccc(NC(=O)Cc2cc(-c3ccc(F)cc3F)on2)cc1. The van der Waals surface area contributed by atoms with Crippen molar-refractivity contribution in [3.05, 3.63) is 71.4 Å². The Balaban J connectivity index is 1.61. The summed E-state index contributed by atoms with van der Waals surface area (Å²) < 4.78 is 31.9. The highest BCUT2D eigenvalue weighted by Crippen LogP contribution is 2.24. The molecule has 0 aliphatic heterocycles. The van der Waals surface area contributed by atoms with E-state index in [1.165, 1.54) is 17.7 Å². The van der Waals surface area contributed by atoms with Gasteiger partial charge in [0.05, 0.1) is 17.7 Å². The van der Waals surface area contributed by atoms with Crippen molar-refractivity contribution in [2.75, 3.05) is 5.32 Å². The molecule has 6 heteroatoms. The van der Waals surface area contributed by atoms with E-state index in [1.807, 2.05) is 24.3 Å². The lowest BCUT2D eigenvalue weighted by Gasteiger charge is -2.05. The zero-order chi connectivity index (χ0) is 19.2. The molecule has 4 nitrogen and oxygen atoms in total. The Kier molecular flexibility index (Phi) is 5.96. The molecule has 1 N–H and O–H groups in total. The molecule has 1 heterocycles. The molecule has 3 rings (SSSR count). The third-order valence-corrected chi connectivity index (χ3v) is 4.15. The van der Waals surface area contributed by atoms with Gasteiger partial charge < -0.3 is 9.84 Å². The first-order chi connectivity index (χ1) is 13.0. The number of unbranched alkanes of at least 4 members (excludes halogenated alkanes) is 1. The molecule has 0 unspecified atom stereocenters. The molecule has 0 saturated heterocycles. The van der Waals surface area contributed by atoms with Gasteiger partial charge in [0.2, 0.25) is 5.91 Å². The molecule has 0 atom stereocenters. The number of hydrogen-bond donors (Lipinski definition) is 1. The van der Waals surface area contributed by atoms with Gasteiger partial charge in [-0.15, -0.1) is 0 Å². The van der Waals surface area contributed by atoms with Crippen molar-refractivity contribution in [1.82, 2.24) is 5.16 Å². The lowest BCUT2D eigenvalue weighted by atomic mass is 10.1. The molecule has 0 aliphatic carbocycles. The second-order valence-corrected chi connectivity index (χ2v) is 6.33. The maximum Gasteiger partial charge on any atom is 0.230 e. The Morgan fingerprint density at radius 3 is 2.59 bits per heavy atom. The van der Waals surface area contributed by atoms with Crippen LogP contribution in [0.15, 0.2) is 53.1 Å². The minimum absolute atomic E-state index is 0.0100. The molecule has 0 radical (unpaired) electrons. The molecule has 2 aromatic carbocycles. The van der Waals surface area contributed by atoms with Crippen LogP contribution in [0.3, 0.4) is 0 Å². The van der Waals surface area contributed by atoms with Crippen molar-refractivity contribution in [3.8, 4) is 11.3 Å².